The Morgan fingerprint density at radius 3 is 2.50 bits per heavy atom. The van der Waals surface area contributed by atoms with Crippen LogP contribution in [-0.2, 0) is 4.79 Å². The van der Waals surface area contributed by atoms with Gasteiger partial charge in [-0.25, -0.2) is 0 Å². The van der Waals surface area contributed by atoms with Crippen LogP contribution in [0.15, 0.2) is 0 Å². The van der Waals surface area contributed by atoms with E-state index in [0.717, 1.165) is 25.7 Å². The van der Waals surface area contributed by atoms with Crippen molar-refractivity contribution in [2.75, 3.05) is 0 Å². The van der Waals surface area contributed by atoms with E-state index in [1.165, 1.54) is 25.7 Å². The van der Waals surface area contributed by atoms with Gasteiger partial charge in [0.1, 0.15) is 0 Å². The van der Waals surface area contributed by atoms with Gasteiger partial charge in [0.15, 0.2) is 0 Å². The first kappa shape index (κ1) is 15.8. The van der Waals surface area contributed by atoms with Crippen molar-refractivity contribution >= 4 is 5.91 Å². The zero-order valence-electron chi connectivity index (χ0n) is 13.7. The van der Waals surface area contributed by atoms with Gasteiger partial charge in [-0.3, -0.25) is 10.1 Å². The number of carbonyl (C=O) groups excluding carboxylic acids is 1. The number of hydrogen-bond donors (Lipinski definition) is 1. The minimum absolute atomic E-state index is 0.208. The van der Waals surface area contributed by atoms with Gasteiger partial charge in [0.25, 0.3) is 0 Å². The average Bonchev–Trinajstić information content (AvgIpc) is 2.94. The molecule has 0 aromatic rings. The average molecular weight is 280 g/mol. The number of hydrogen-bond acceptors (Lipinski definition) is 2. The number of unbranched alkanes of at least 4 members (excludes halogenated alkanes) is 1. The Morgan fingerprint density at radius 1 is 1.30 bits per heavy atom. The van der Waals surface area contributed by atoms with E-state index in [-0.39, 0.29) is 11.7 Å². The van der Waals surface area contributed by atoms with Crippen LogP contribution in [0.3, 0.4) is 0 Å². The molecular formula is C17H32N2O. The molecule has 2 aliphatic rings. The molecule has 1 N–H and O–H groups in total. The summed E-state index contributed by atoms with van der Waals surface area (Å²) in [5.74, 6) is 1.02. The summed E-state index contributed by atoms with van der Waals surface area (Å²) in [7, 11) is 0. The lowest BCUT2D eigenvalue weighted by atomic mass is 9.97. The van der Waals surface area contributed by atoms with Crippen molar-refractivity contribution < 1.29 is 4.79 Å². The third-order valence-corrected chi connectivity index (χ3v) is 5.02. The second-order valence-corrected chi connectivity index (χ2v) is 7.28. The SMILES string of the molecule is CCCCC(C)N1C(=O)C2(CCCC2)NC1CC(C)C. The second-order valence-electron chi connectivity index (χ2n) is 7.28. The number of nitrogens with one attached hydrogen (secondary N) is 1. The molecule has 3 heteroatoms. The first-order valence-corrected chi connectivity index (χ1v) is 8.60. The molecule has 1 spiro atoms. The topological polar surface area (TPSA) is 32.3 Å². The summed E-state index contributed by atoms with van der Waals surface area (Å²) in [6, 6.07) is 0.374. The highest BCUT2D eigenvalue weighted by atomic mass is 16.2. The van der Waals surface area contributed by atoms with Crippen molar-refractivity contribution in [1.82, 2.24) is 10.2 Å². The quantitative estimate of drug-likeness (QED) is 0.805. The number of amides is 1. The van der Waals surface area contributed by atoms with Crippen LogP contribution < -0.4 is 5.32 Å². The first-order valence-electron chi connectivity index (χ1n) is 8.60. The fourth-order valence-electron chi connectivity index (χ4n) is 3.94. The number of nitrogens with zero attached hydrogens (tertiary/aromatic N) is 1. The lowest BCUT2D eigenvalue weighted by Gasteiger charge is -2.31. The third kappa shape index (κ3) is 3.03. The summed E-state index contributed by atoms with van der Waals surface area (Å²) < 4.78 is 0. The van der Waals surface area contributed by atoms with Crippen LogP contribution >= 0.6 is 0 Å². The molecule has 2 unspecified atom stereocenters. The maximum absolute atomic E-state index is 13.0. The maximum atomic E-state index is 13.0. The smallest absolute Gasteiger partial charge is 0.244 e. The molecule has 0 aromatic heterocycles. The largest absolute Gasteiger partial charge is 0.323 e. The maximum Gasteiger partial charge on any atom is 0.244 e. The van der Waals surface area contributed by atoms with Crippen molar-refractivity contribution in [3.8, 4) is 0 Å². The highest BCUT2D eigenvalue weighted by Gasteiger charge is 2.53. The molecule has 2 rings (SSSR count). The molecule has 0 aromatic carbocycles. The van der Waals surface area contributed by atoms with E-state index >= 15 is 0 Å². The van der Waals surface area contributed by atoms with Gasteiger partial charge in [-0.2, -0.15) is 0 Å². The summed E-state index contributed by atoms with van der Waals surface area (Å²) in [6.07, 6.45) is 9.36. The van der Waals surface area contributed by atoms with Crippen molar-refractivity contribution in [3.63, 3.8) is 0 Å². The van der Waals surface area contributed by atoms with E-state index in [4.69, 9.17) is 0 Å². The predicted molar refractivity (Wildman–Crippen MR) is 83.4 cm³/mol. The van der Waals surface area contributed by atoms with Gasteiger partial charge in [0, 0.05) is 6.04 Å². The van der Waals surface area contributed by atoms with Gasteiger partial charge in [-0.1, -0.05) is 46.5 Å². The third-order valence-electron chi connectivity index (χ3n) is 5.02. The second kappa shape index (κ2) is 6.46. The predicted octanol–water partition coefficient (Wildman–Crippen LogP) is 3.68. The van der Waals surface area contributed by atoms with Crippen LogP contribution in [0.2, 0.25) is 0 Å². The molecule has 116 valence electrons. The van der Waals surface area contributed by atoms with Crippen molar-refractivity contribution in [2.24, 2.45) is 5.92 Å². The van der Waals surface area contributed by atoms with Gasteiger partial charge >= 0.3 is 0 Å². The fraction of sp³-hybridized carbons (Fsp3) is 0.941. The summed E-state index contributed by atoms with van der Waals surface area (Å²) in [6.45, 7) is 8.96. The molecule has 0 bridgehead atoms. The Kier molecular flexibility index (Phi) is 5.11. The van der Waals surface area contributed by atoms with Crippen LogP contribution in [0.5, 0.6) is 0 Å². The van der Waals surface area contributed by atoms with Crippen LogP contribution in [0, 0.1) is 5.92 Å². The molecule has 1 heterocycles. The van der Waals surface area contributed by atoms with Crippen molar-refractivity contribution in [2.45, 2.75) is 96.8 Å². The molecular weight excluding hydrogens is 248 g/mol. The van der Waals surface area contributed by atoms with Crippen LogP contribution in [-0.4, -0.2) is 28.6 Å². The van der Waals surface area contributed by atoms with Gasteiger partial charge in [0.05, 0.1) is 11.7 Å². The molecule has 2 atom stereocenters. The van der Waals surface area contributed by atoms with Gasteiger partial charge in [0.2, 0.25) is 5.91 Å². The molecule has 3 nitrogen and oxygen atoms in total. The zero-order valence-corrected chi connectivity index (χ0v) is 13.7. The summed E-state index contributed by atoms with van der Waals surface area (Å²) in [5.41, 5.74) is -0.208. The normalized spacial score (nSPS) is 26.9. The van der Waals surface area contributed by atoms with E-state index in [0.29, 0.717) is 17.9 Å². The molecule has 1 saturated heterocycles. The van der Waals surface area contributed by atoms with Crippen LogP contribution in [0.1, 0.15) is 79.1 Å². The van der Waals surface area contributed by atoms with Gasteiger partial charge in [-0.05, 0) is 38.5 Å². The van der Waals surface area contributed by atoms with Crippen LogP contribution in [0.25, 0.3) is 0 Å². The molecule has 20 heavy (non-hydrogen) atoms. The Labute approximate surface area is 124 Å². The monoisotopic (exact) mass is 280 g/mol. The van der Waals surface area contributed by atoms with Crippen molar-refractivity contribution in [1.29, 1.82) is 0 Å². The molecule has 1 aliphatic carbocycles. The molecule has 2 fully saturated rings. The lowest BCUT2D eigenvalue weighted by Crippen LogP contribution is -2.45. The van der Waals surface area contributed by atoms with Crippen molar-refractivity contribution in [3.05, 3.63) is 0 Å². The Morgan fingerprint density at radius 2 is 1.95 bits per heavy atom. The van der Waals surface area contributed by atoms with E-state index in [1.807, 2.05) is 0 Å². The standard InChI is InChI=1S/C17H32N2O/c1-5-6-9-14(4)19-15(12-13(2)3)18-17(16(19)20)10-7-8-11-17/h13-15,18H,5-12H2,1-4H3. The van der Waals surface area contributed by atoms with Gasteiger partial charge < -0.3 is 4.90 Å². The molecule has 1 aliphatic heterocycles. The Balaban J connectivity index is 2.13. The summed E-state index contributed by atoms with van der Waals surface area (Å²) in [4.78, 5) is 15.2. The minimum Gasteiger partial charge on any atom is -0.323 e. The van der Waals surface area contributed by atoms with E-state index in [9.17, 15) is 4.79 Å². The summed E-state index contributed by atoms with van der Waals surface area (Å²) >= 11 is 0. The van der Waals surface area contributed by atoms with Crippen LogP contribution in [0.4, 0.5) is 0 Å². The van der Waals surface area contributed by atoms with E-state index < -0.39 is 0 Å². The Hall–Kier alpha value is -0.570. The van der Waals surface area contributed by atoms with E-state index in [2.05, 4.69) is 37.9 Å². The van der Waals surface area contributed by atoms with E-state index in [1.54, 1.807) is 0 Å². The number of carbonyl (C=O) groups is 1. The molecule has 1 amide bonds. The van der Waals surface area contributed by atoms with Gasteiger partial charge in [-0.15, -0.1) is 0 Å². The molecule has 1 saturated carbocycles. The molecule has 0 radical (unpaired) electrons. The highest BCUT2D eigenvalue weighted by Crippen LogP contribution is 2.38. The first-order chi connectivity index (χ1) is 9.50. The fourth-order valence-corrected chi connectivity index (χ4v) is 3.94. The Bertz CT molecular complexity index is 334. The zero-order chi connectivity index (χ0) is 14.8. The minimum atomic E-state index is -0.208. The summed E-state index contributed by atoms with van der Waals surface area (Å²) in [5, 5.41) is 3.73. The highest BCUT2D eigenvalue weighted by molar-refractivity contribution is 5.89. The lowest BCUT2D eigenvalue weighted by molar-refractivity contribution is -0.135. The number of rotatable bonds is 6.